The number of rotatable bonds is 3. The first-order chi connectivity index (χ1) is 13.8. The summed E-state index contributed by atoms with van der Waals surface area (Å²) in [4.78, 5) is 23.8. The molecule has 3 aromatic heterocycles. The zero-order valence-electron chi connectivity index (χ0n) is 15.2. The number of nitrogens with one attached hydrogen (secondary N) is 1. The van der Waals surface area contributed by atoms with Crippen LogP contribution < -0.4 is 5.32 Å². The minimum atomic E-state index is -0.0920. The first-order valence-corrected chi connectivity index (χ1v) is 9.27. The van der Waals surface area contributed by atoms with Gasteiger partial charge in [0.05, 0.1) is 12.3 Å². The van der Waals surface area contributed by atoms with Crippen molar-refractivity contribution >= 4 is 22.9 Å². The summed E-state index contributed by atoms with van der Waals surface area (Å²) in [5.74, 6) is 1.44. The Hall–Kier alpha value is -3.61. The second-order valence-electron chi connectivity index (χ2n) is 6.81. The first kappa shape index (κ1) is 16.6. The second-order valence-corrected chi connectivity index (χ2v) is 6.81. The number of amides is 2. The molecule has 4 aromatic rings. The summed E-state index contributed by atoms with van der Waals surface area (Å²) in [5, 5.41) is 2.96. The molecular formula is C21H19N5O2. The maximum absolute atomic E-state index is 12.7. The van der Waals surface area contributed by atoms with E-state index < -0.39 is 0 Å². The Morgan fingerprint density at radius 1 is 1.11 bits per heavy atom. The van der Waals surface area contributed by atoms with E-state index in [1.165, 1.54) is 0 Å². The molecule has 1 fully saturated rings. The Bertz CT molecular complexity index is 1100. The molecule has 0 bridgehead atoms. The van der Waals surface area contributed by atoms with Crippen LogP contribution >= 0.6 is 0 Å². The van der Waals surface area contributed by atoms with Crippen LogP contribution in [0.4, 0.5) is 10.5 Å². The highest BCUT2D eigenvalue weighted by atomic mass is 16.3. The van der Waals surface area contributed by atoms with Gasteiger partial charge >= 0.3 is 6.03 Å². The Labute approximate surface area is 161 Å². The molecule has 1 aliphatic rings. The van der Waals surface area contributed by atoms with Crippen LogP contribution in [0.15, 0.2) is 71.5 Å². The van der Waals surface area contributed by atoms with Crippen molar-refractivity contribution < 1.29 is 9.21 Å². The lowest BCUT2D eigenvalue weighted by Crippen LogP contribution is -2.33. The number of furan rings is 1. The van der Waals surface area contributed by atoms with E-state index in [1.807, 2.05) is 59.5 Å². The zero-order chi connectivity index (χ0) is 18.9. The number of likely N-dealkylation sites (tertiary alicyclic amines) is 1. The monoisotopic (exact) mass is 373 g/mol. The third kappa shape index (κ3) is 2.90. The quantitative estimate of drug-likeness (QED) is 0.585. The molecule has 28 heavy (non-hydrogen) atoms. The SMILES string of the molecule is O=C(Nc1ccccc1)N1CC[C@@H](n2c(-c3ccco3)nc3cccnc32)C1. The van der Waals surface area contributed by atoms with Crippen molar-refractivity contribution in [1.29, 1.82) is 0 Å². The number of imidazole rings is 1. The lowest BCUT2D eigenvalue weighted by atomic mass is 10.2. The number of carbonyl (C=O) groups is 1. The molecule has 0 aliphatic carbocycles. The number of urea groups is 1. The van der Waals surface area contributed by atoms with Crippen LogP contribution in [0.1, 0.15) is 12.5 Å². The molecule has 2 amide bonds. The standard InChI is InChI=1S/C21H19N5O2/c27-21(23-15-6-2-1-3-7-15)25-12-10-16(14-25)26-19-17(8-4-11-22-19)24-20(26)18-9-5-13-28-18/h1-9,11,13,16H,10,12,14H2,(H,23,27)/t16-/m1/s1. The lowest BCUT2D eigenvalue weighted by molar-refractivity contribution is 0.221. The van der Waals surface area contributed by atoms with Gasteiger partial charge in [-0.2, -0.15) is 0 Å². The van der Waals surface area contributed by atoms with Crippen molar-refractivity contribution in [1.82, 2.24) is 19.4 Å². The predicted octanol–water partition coefficient (Wildman–Crippen LogP) is 4.17. The smallest absolute Gasteiger partial charge is 0.321 e. The number of nitrogens with zero attached hydrogens (tertiary/aromatic N) is 4. The predicted molar refractivity (Wildman–Crippen MR) is 106 cm³/mol. The van der Waals surface area contributed by atoms with E-state index in [0.717, 1.165) is 29.1 Å². The molecule has 4 heterocycles. The fourth-order valence-electron chi connectivity index (χ4n) is 3.72. The third-order valence-electron chi connectivity index (χ3n) is 5.03. The van der Waals surface area contributed by atoms with Gasteiger partial charge in [0.1, 0.15) is 5.52 Å². The number of fused-ring (bicyclic) bond motifs is 1. The van der Waals surface area contributed by atoms with E-state index in [4.69, 9.17) is 9.40 Å². The van der Waals surface area contributed by atoms with Crippen molar-refractivity contribution in [3.63, 3.8) is 0 Å². The number of anilines is 1. The topological polar surface area (TPSA) is 76.2 Å². The molecule has 0 saturated carbocycles. The van der Waals surface area contributed by atoms with Crippen LogP contribution in [0.25, 0.3) is 22.7 Å². The Balaban J connectivity index is 1.44. The average molecular weight is 373 g/mol. The normalized spacial score (nSPS) is 16.6. The maximum Gasteiger partial charge on any atom is 0.321 e. The van der Waals surface area contributed by atoms with Gasteiger partial charge in [-0.1, -0.05) is 18.2 Å². The van der Waals surface area contributed by atoms with Gasteiger partial charge in [-0.15, -0.1) is 0 Å². The van der Waals surface area contributed by atoms with Gasteiger partial charge in [0.15, 0.2) is 17.2 Å². The summed E-state index contributed by atoms with van der Waals surface area (Å²) in [6, 6.07) is 17.1. The van der Waals surface area contributed by atoms with E-state index in [1.54, 1.807) is 12.5 Å². The number of carbonyl (C=O) groups excluding carboxylic acids is 1. The van der Waals surface area contributed by atoms with E-state index in [9.17, 15) is 4.79 Å². The van der Waals surface area contributed by atoms with Crippen LogP contribution in [-0.2, 0) is 0 Å². The Morgan fingerprint density at radius 3 is 2.82 bits per heavy atom. The fraction of sp³-hybridized carbons (Fsp3) is 0.190. The highest BCUT2D eigenvalue weighted by Gasteiger charge is 2.31. The summed E-state index contributed by atoms with van der Waals surface area (Å²) in [7, 11) is 0. The molecule has 0 unspecified atom stereocenters. The van der Waals surface area contributed by atoms with Crippen LogP contribution in [0.3, 0.4) is 0 Å². The summed E-state index contributed by atoms with van der Waals surface area (Å²) in [6.45, 7) is 1.27. The molecule has 0 radical (unpaired) electrons. The van der Waals surface area contributed by atoms with Crippen molar-refractivity contribution in [3.8, 4) is 11.6 Å². The summed E-state index contributed by atoms with van der Waals surface area (Å²) >= 11 is 0. The minimum Gasteiger partial charge on any atom is -0.461 e. The molecule has 0 spiro atoms. The van der Waals surface area contributed by atoms with Crippen LogP contribution in [-0.4, -0.2) is 38.6 Å². The van der Waals surface area contributed by atoms with Gasteiger partial charge in [-0.05, 0) is 42.8 Å². The van der Waals surface area contributed by atoms with E-state index in [-0.39, 0.29) is 12.1 Å². The van der Waals surface area contributed by atoms with E-state index in [0.29, 0.717) is 18.8 Å². The molecule has 1 aromatic carbocycles. The summed E-state index contributed by atoms with van der Waals surface area (Å²) in [6.07, 6.45) is 4.24. The van der Waals surface area contributed by atoms with Crippen molar-refractivity contribution in [2.75, 3.05) is 18.4 Å². The summed E-state index contributed by atoms with van der Waals surface area (Å²) < 4.78 is 7.70. The number of aromatic nitrogens is 3. The second kappa shape index (κ2) is 6.84. The third-order valence-corrected chi connectivity index (χ3v) is 5.03. The van der Waals surface area contributed by atoms with Gasteiger partial charge in [-0.3, -0.25) is 0 Å². The molecule has 7 heteroatoms. The Morgan fingerprint density at radius 2 is 2.00 bits per heavy atom. The molecule has 5 rings (SSSR count). The van der Waals surface area contributed by atoms with Crippen LogP contribution in [0.2, 0.25) is 0 Å². The number of hydrogen-bond acceptors (Lipinski definition) is 4. The highest BCUT2D eigenvalue weighted by Crippen LogP contribution is 2.32. The lowest BCUT2D eigenvalue weighted by Gasteiger charge is -2.19. The maximum atomic E-state index is 12.7. The van der Waals surface area contributed by atoms with Gasteiger partial charge in [0.2, 0.25) is 0 Å². The van der Waals surface area contributed by atoms with Gasteiger partial charge in [0, 0.05) is 25.0 Å². The molecule has 7 nitrogen and oxygen atoms in total. The number of benzene rings is 1. The fourth-order valence-corrected chi connectivity index (χ4v) is 3.72. The number of pyridine rings is 1. The largest absolute Gasteiger partial charge is 0.461 e. The summed E-state index contributed by atoms with van der Waals surface area (Å²) in [5.41, 5.74) is 2.42. The van der Waals surface area contributed by atoms with Gasteiger partial charge in [0.25, 0.3) is 0 Å². The zero-order valence-corrected chi connectivity index (χ0v) is 15.2. The average Bonchev–Trinajstić information content (AvgIpc) is 3.46. The first-order valence-electron chi connectivity index (χ1n) is 9.27. The van der Waals surface area contributed by atoms with E-state index in [2.05, 4.69) is 14.9 Å². The van der Waals surface area contributed by atoms with E-state index >= 15 is 0 Å². The van der Waals surface area contributed by atoms with Gasteiger partial charge in [-0.25, -0.2) is 14.8 Å². The number of para-hydroxylation sites is 1. The van der Waals surface area contributed by atoms with Crippen molar-refractivity contribution in [3.05, 3.63) is 67.1 Å². The Kier molecular flexibility index (Phi) is 4.05. The molecule has 1 atom stereocenters. The molecule has 1 aliphatic heterocycles. The van der Waals surface area contributed by atoms with Crippen LogP contribution in [0.5, 0.6) is 0 Å². The molecule has 140 valence electrons. The molecule has 1 saturated heterocycles. The van der Waals surface area contributed by atoms with Crippen molar-refractivity contribution in [2.24, 2.45) is 0 Å². The minimum absolute atomic E-state index is 0.0847. The van der Waals surface area contributed by atoms with Crippen molar-refractivity contribution in [2.45, 2.75) is 12.5 Å². The molecule has 1 N–H and O–H groups in total. The van der Waals surface area contributed by atoms with Crippen LogP contribution in [0, 0.1) is 0 Å². The van der Waals surface area contributed by atoms with Gasteiger partial charge < -0.3 is 19.2 Å². The molecular weight excluding hydrogens is 354 g/mol. The highest BCUT2D eigenvalue weighted by molar-refractivity contribution is 5.89. The number of hydrogen-bond donors (Lipinski definition) is 1.